The first kappa shape index (κ1) is 18.4. The van der Waals surface area contributed by atoms with Gasteiger partial charge in [0, 0.05) is 36.7 Å². The Morgan fingerprint density at radius 3 is 2.58 bits per heavy atom. The van der Waals surface area contributed by atoms with Gasteiger partial charge >= 0.3 is 0 Å². The van der Waals surface area contributed by atoms with Gasteiger partial charge < -0.3 is 21.1 Å². The molecule has 132 valence electrons. The molecule has 1 fully saturated rings. The van der Waals surface area contributed by atoms with Gasteiger partial charge in [0.2, 0.25) is 5.91 Å². The van der Waals surface area contributed by atoms with E-state index in [4.69, 9.17) is 10.5 Å². The van der Waals surface area contributed by atoms with E-state index in [2.05, 4.69) is 10.6 Å². The summed E-state index contributed by atoms with van der Waals surface area (Å²) in [5.41, 5.74) is 6.78. The van der Waals surface area contributed by atoms with Crippen molar-refractivity contribution in [2.75, 3.05) is 19.0 Å². The Morgan fingerprint density at radius 2 is 2.04 bits per heavy atom. The first-order valence-electron chi connectivity index (χ1n) is 8.22. The first-order valence-corrected chi connectivity index (χ1v) is 8.22. The van der Waals surface area contributed by atoms with Gasteiger partial charge in [0.25, 0.3) is 5.91 Å². The maximum absolute atomic E-state index is 12.8. The number of amides is 2. The topological polar surface area (TPSA) is 93.4 Å². The molecule has 0 aromatic heterocycles. The molecule has 1 aromatic rings. The van der Waals surface area contributed by atoms with Crippen LogP contribution in [0.15, 0.2) is 18.2 Å². The van der Waals surface area contributed by atoms with Crippen LogP contribution in [-0.2, 0) is 9.53 Å². The molecule has 2 amide bonds. The third kappa shape index (κ3) is 2.80. The Kier molecular flexibility index (Phi) is 5.01. The summed E-state index contributed by atoms with van der Waals surface area (Å²) in [5.74, 6) is -0.438. The normalized spacial score (nSPS) is 24.8. The van der Waals surface area contributed by atoms with Crippen LogP contribution in [0, 0.1) is 12.3 Å². The van der Waals surface area contributed by atoms with Crippen molar-refractivity contribution in [2.45, 2.75) is 45.8 Å². The van der Waals surface area contributed by atoms with Crippen molar-refractivity contribution in [3.8, 4) is 0 Å². The summed E-state index contributed by atoms with van der Waals surface area (Å²) < 4.78 is 5.66. The molecule has 2 rings (SSSR count). The van der Waals surface area contributed by atoms with E-state index in [-0.39, 0.29) is 17.9 Å². The van der Waals surface area contributed by atoms with Crippen molar-refractivity contribution < 1.29 is 14.3 Å². The standard InChI is InChI=1S/C18H27N3O3/c1-6-24-14-10-18(19,17(14,3)4)16(23)21-13-9-7-8-12(11(13)2)15(22)20-5/h7-9,14H,6,10,19H2,1-5H3,(H,20,22)(H,21,23). The van der Waals surface area contributed by atoms with Gasteiger partial charge in [0.15, 0.2) is 0 Å². The van der Waals surface area contributed by atoms with E-state index in [0.29, 0.717) is 29.8 Å². The largest absolute Gasteiger partial charge is 0.378 e. The van der Waals surface area contributed by atoms with Crippen LogP contribution in [0.3, 0.4) is 0 Å². The minimum Gasteiger partial charge on any atom is -0.378 e. The summed E-state index contributed by atoms with van der Waals surface area (Å²) >= 11 is 0. The van der Waals surface area contributed by atoms with Crippen molar-refractivity contribution in [3.05, 3.63) is 29.3 Å². The van der Waals surface area contributed by atoms with Gasteiger partial charge in [-0.2, -0.15) is 0 Å². The molecule has 24 heavy (non-hydrogen) atoms. The highest BCUT2D eigenvalue weighted by molar-refractivity contribution is 6.02. The van der Waals surface area contributed by atoms with Crippen molar-refractivity contribution in [1.29, 1.82) is 0 Å². The average molecular weight is 333 g/mol. The summed E-state index contributed by atoms with van der Waals surface area (Å²) in [6.45, 7) is 8.23. The number of hydrogen-bond donors (Lipinski definition) is 3. The lowest BCUT2D eigenvalue weighted by molar-refractivity contribution is -0.166. The van der Waals surface area contributed by atoms with E-state index in [1.165, 1.54) is 0 Å². The first-order chi connectivity index (χ1) is 11.2. The Hall–Kier alpha value is -1.92. The number of carbonyl (C=O) groups is 2. The predicted octanol–water partition coefficient (Wildman–Crippen LogP) is 1.83. The molecule has 1 aliphatic carbocycles. The van der Waals surface area contributed by atoms with Crippen LogP contribution in [0.5, 0.6) is 0 Å². The van der Waals surface area contributed by atoms with Crippen LogP contribution < -0.4 is 16.4 Å². The molecule has 1 aromatic carbocycles. The number of nitrogens with one attached hydrogen (secondary N) is 2. The highest BCUT2D eigenvalue weighted by atomic mass is 16.5. The van der Waals surface area contributed by atoms with Gasteiger partial charge in [-0.05, 0) is 31.5 Å². The van der Waals surface area contributed by atoms with Gasteiger partial charge in [-0.3, -0.25) is 9.59 Å². The SMILES string of the molecule is CCOC1CC(N)(C(=O)Nc2cccc(C(=O)NC)c2C)C1(C)C. The fourth-order valence-electron chi connectivity index (χ4n) is 3.21. The van der Waals surface area contributed by atoms with Crippen LogP contribution in [0.4, 0.5) is 5.69 Å². The third-order valence-corrected chi connectivity index (χ3v) is 5.29. The monoisotopic (exact) mass is 333 g/mol. The molecule has 0 spiro atoms. The van der Waals surface area contributed by atoms with Gasteiger partial charge in [0.1, 0.15) is 5.54 Å². The van der Waals surface area contributed by atoms with E-state index in [0.717, 1.165) is 0 Å². The van der Waals surface area contributed by atoms with E-state index in [9.17, 15) is 9.59 Å². The zero-order chi connectivity index (χ0) is 18.1. The molecule has 1 aliphatic rings. The van der Waals surface area contributed by atoms with Crippen molar-refractivity contribution in [3.63, 3.8) is 0 Å². The summed E-state index contributed by atoms with van der Waals surface area (Å²) in [5, 5.41) is 5.49. The van der Waals surface area contributed by atoms with Crippen LogP contribution in [0.1, 0.15) is 43.1 Å². The number of anilines is 1. The lowest BCUT2D eigenvalue weighted by Gasteiger charge is -2.57. The maximum Gasteiger partial charge on any atom is 0.251 e. The van der Waals surface area contributed by atoms with Crippen molar-refractivity contribution in [2.24, 2.45) is 11.1 Å². The zero-order valence-electron chi connectivity index (χ0n) is 15.0. The highest BCUT2D eigenvalue weighted by Gasteiger charge is 2.62. The molecule has 0 aliphatic heterocycles. The number of hydrogen-bond acceptors (Lipinski definition) is 4. The molecule has 1 saturated carbocycles. The van der Waals surface area contributed by atoms with Crippen molar-refractivity contribution in [1.82, 2.24) is 5.32 Å². The minimum atomic E-state index is -0.998. The Balaban J connectivity index is 2.21. The van der Waals surface area contributed by atoms with Gasteiger partial charge in [-0.25, -0.2) is 0 Å². The molecular weight excluding hydrogens is 306 g/mol. The molecule has 2 atom stereocenters. The molecule has 2 unspecified atom stereocenters. The second-order valence-corrected chi connectivity index (χ2v) is 6.85. The highest BCUT2D eigenvalue weighted by Crippen LogP contribution is 2.50. The number of rotatable bonds is 5. The van der Waals surface area contributed by atoms with Gasteiger partial charge in [-0.1, -0.05) is 19.9 Å². The summed E-state index contributed by atoms with van der Waals surface area (Å²) in [6.07, 6.45) is 0.449. The average Bonchev–Trinajstić information content (AvgIpc) is 2.55. The summed E-state index contributed by atoms with van der Waals surface area (Å²) in [6, 6.07) is 5.24. The van der Waals surface area contributed by atoms with E-state index in [1.54, 1.807) is 32.2 Å². The number of benzene rings is 1. The number of ether oxygens (including phenoxy) is 1. The molecule has 0 radical (unpaired) electrons. The number of nitrogens with two attached hydrogens (primary N) is 1. The predicted molar refractivity (Wildman–Crippen MR) is 93.9 cm³/mol. The molecule has 0 saturated heterocycles. The van der Waals surface area contributed by atoms with Crippen LogP contribution in [0.2, 0.25) is 0 Å². The van der Waals surface area contributed by atoms with E-state index >= 15 is 0 Å². The summed E-state index contributed by atoms with van der Waals surface area (Å²) in [7, 11) is 1.58. The van der Waals surface area contributed by atoms with Crippen LogP contribution in [-0.4, -0.2) is 37.1 Å². The van der Waals surface area contributed by atoms with Gasteiger partial charge in [-0.15, -0.1) is 0 Å². The fourth-order valence-corrected chi connectivity index (χ4v) is 3.21. The lowest BCUT2D eigenvalue weighted by atomic mass is 9.54. The van der Waals surface area contributed by atoms with Gasteiger partial charge in [0.05, 0.1) is 6.10 Å². The maximum atomic E-state index is 12.8. The lowest BCUT2D eigenvalue weighted by Crippen LogP contribution is -2.74. The molecule has 4 N–H and O–H groups in total. The van der Waals surface area contributed by atoms with Crippen LogP contribution >= 0.6 is 0 Å². The molecule has 0 heterocycles. The van der Waals surface area contributed by atoms with E-state index < -0.39 is 11.0 Å². The second kappa shape index (κ2) is 6.53. The quantitative estimate of drug-likeness (QED) is 0.766. The zero-order valence-corrected chi connectivity index (χ0v) is 15.0. The smallest absolute Gasteiger partial charge is 0.251 e. The van der Waals surface area contributed by atoms with Crippen molar-refractivity contribution >= 4 is 17.5 Å². The molecule has 6 heteroatoms. The fraction of sp³-hybridized carbons (Fsp3) is 0.556. The molecular formula is C18H27N3O3. The Labute approximate surface area is 143 Å². The van der Waals surface area contributed by atoms with Crippen LogP contribution in [0.25, 0.3) is 0 Å². The second-order valence-electron chi connectivity index (χ2n) is 6.85. The Morgan fingerprint density at radius 1 is 1.38 bits per heavy atom. The Bertz CT molecular complexity index is 657. The third-order valence-electron chi connectivity index (χ3n) is 5.29. The number of carbonyl (C=O) groups excluding carboxylic acids is 2. The minimum absolute atomic E-state index is 0.0310. The van der Waals surface area contributed by atoms with E-state index in [1.807, 2.05) is 20.8 Å². The molecule has 6 nitrogen and oxygen atoms in total. The molecule has 0 bridgehead atoms. The summed E-state index contributed by atoms with van der Waals surface area (Å²) in [4.78, 5) is 24.7.